The first-order valence-electron chi connectivity index (χ1n) is 6.72. The third kappa shape index (κ3) is 2.73. The first-order chi connectivity index (χ1) is 10.3. The van der Waals surface area contributed by atoms with Gasteiger partial charge in [0.25, 0.3) is 0 Å². The van der Waals surface area contributed by atoms with Crippen molar-refractivity contribution in [1.29, 1.82) is 0 Å². The zero-order valence-corrected chi connectivity index (χ0v) is 11.7. The maximum atomic E-state index is 9.68. The Kier molecular flexibility index (Phi) is 3.83. The van der Waals surface area contributed by atoms with Crippen LogP contribution in [0, 0.1) is 0 Å². The molecule has 5 nitrogen and oxygen atoms in total. The first kappa shape index (κ1) is 13.6. The molecule has 0 bridgehead atoms. The van der Waals surface area contributed by atoms with Gasteiger partial charge in [-0.3, -0.25) is 0 Å². The van der Waals surface area contributed by atoms with Crippen molar-refractivity contribution >= 4 is 5.69 Å². The van der Waals surface area contributed by atoms with Gasteiger partial charge in [-0.1, -0.05) is 18.2 Å². The van der Waals surface area contributed by atoms with Crippen molar-refractivity contribution in [3.05, 3.63) is 48.0 Å². The summed E-state index contributed by atoms with van der Waals surface area (Å²) in [4.78, 5) is 0. The second-order valence-corrected chi connectivity index (χ2v) is 4.69. The third-order valence-corrected chi connectivity index (χ3v) is 3.42. The van der Waals surface area contributed by atoms with Crippen LogP contribution in [0.4, 0.5) is 5.69 Å². The summed E-state index contributed by atoms with van der Waals surface area (Å²) in [5, 5.41) is 13.0. The van der Waals surface area contributed by atoms with E-state index >= 15 is 0 Å². The van der Waals surface area contributed by atoms with E-state index in [-0.39, 0.29) is 19.4 Å². The number of nitrogens with one attached hydrogen (secondary N) is 1. The number of ether oxygens (including phenoxy) is 3. The smallest absolute Gasteiger partial charge is 0.231 e. The lowest BCUT2D eigenvalue weighted by atomic mass is 10.1. The summed E-state index contributed by atoms with van der Waals surface area (Å²) in [5.74, 6) is 2.16. The number of aliphatic hydroxyl groups excluding tert-OH is 1. The van der Waals surface area contributed by atoms with E-state index in [0.29, 0.717) is 5.75 Å². The third-order valence-electron chi connectivity index (χ3n) is 3.42. The minimum Gasteiger partial charge on any atom is -0.495 e. The molecule has 3 rings (SSSR count). The van der Waals surface area contributed by atoms with Crippen LogP contribution in [-0.2, 0) is 0 Å². The molecule has 0 fully saturated rings. The fourth-order valence-electron chi connectivity index (χ4n) is 2.32. The number of para-hydroxylation sites is 2. The number of aliphatic hydroxyl groups is 1. The predicted octanol–water partition coefficient (Wildman–Crippen LogP) is 2.57. The van der Waals surface area contributed by atoms with E-state index in [4.69, 9.17) is 14.2 Å². The second-order valence-electron chi connectivity index (χ2n) is 4.69. The Hall–Kier alpha value is -2.40. The molecule has 2 aromatic rings. The fourth-order valence-corrected chi connectivity index (χ4v) is 2.32. The molecule has 2 N–H and O–H groups in total. The van der Waals surface area contributed by atoms with Crippen LogP contribution in [0.1, 0.15) is 11.6 Å². The minimum atomic E-state index is -0.254. The standard InChI is InChI=1S/C16H17NO4/c1-19-14-5-3-2-4-12(14)17-13(9-18)11-6-7-15-16(8-11)21-10-20-15/h2-8,13,17-18H,9-10H2,1H3. The molecule has 0 saturated carbocycles. The number of fused-ring (bicyclic) bond motifs is 1. The van der Waals surface area contributed by atoms with Gasteiger partial charge in [0, 0.05) is 0 Å². The highest BCUT2D eigenvalue weighted by molar-refractivity contribution is 5.58. The first-order valence-corrected chi connectivity index (χ1v) is 6.72. The highest BCUT2D eigenvalue weighted by Gasteiger charge is 2.18. The van der Waals surface area contributed by atoms with Crippen LogP contribution in [0.5, 0.6) is 17.2 Å². The Morgan fingerprint density at radius 3 is 2.81 bits per heavy atom. The van der Waals surface area contributed by atoms with Crippen molar-refractivity contribution in [2.75, 3.05) is 25.8 Å². The quantitative estimate of drug-likeness (QED) is 0.885. The molecule has 5 heteroatoms. The Morgan fingerprint density at radius 1 is 1.19 bits per heavy atom. The average molecular weight is 287 g/mol. The largest absolute Gasteiger partial charge is 0.495 e. The highest BCUT2D eigenvalue weighted by atomic mass is 16.7. The van der Waals surface area contributed by atoms with Gasteiger partial charge in [-0.15, -0.1) is 0 Å². The summed E-state index contributed by atoms with van der Waals surface area (Å²) in [7, 11) is 1.62. The molecule has 1 heterocycles. The number of hydrogen-bond donors (Lipinski definition) is 2. The molecular weight excluding hydrogens is 270 g/mol. The molecule has 0 amide bonds. The Morgan fingerprint density at radius 2 is 2.00 bits per heavy atom. The van der Waals surface area contributed by atoms with Gasteiger partial charge >= 0.3 is 0 Å². The average Bonchev–Trinajstić information content (AvgIpc) is 3.00. The fraction of sp³-hybridized carbons (Fsp3) is 0.250. The van der Waals surface area contributed by atoms with Gasteiger partial charge in [-0.05, 0) is 29.8 Å². The normalized spacial score (nSPS) is 13.8. The molecule has 0 aliphatic carbocycles. The summed E-state index contributed by atoms with van der Waals surface area (Å²) >= 11 is 0. The van der Waals surface area contributed by atoms with Crippen molar-refractivity contribution < 1.29 is 19.3 Å². The summed E-state index contributed by atoms with van der Waals surface area (Å²) in [5.41, 5.74) is 1.75. The van der Waals surface area contributed by atoms with Crippen molar-refractivity contribution in [3.8, 4) is 17.2 Å². The van der Waals surface area contributed by atoms with E-state index in [1.807, 2.05) is 42.5 Å². The van der Waals surface area contributed by atoms with E-state index in [1.54, 1.807) is 7.11 Å². The number of hydrogen-bond acceptors (Lipinski definition) is 5. The van der Waals surface area contributed by atoms with E-state index in [9.17, 15) is 5.11 Å². The Balaban J connectivity index is 1.85. The van der Waals surface area contributed by atoms with Crippen molar-refractivity contribution in [2.45, 2.75) is 6.04 Å². The topological polar surface area (TPSA) is 60.0 Å². The maximum absolute atomic E-state index is 9.68. The molecule has 0 spiro atoms. The molecule has 2 aromatic carbocycles. The Labute approximate surface area is 123 Å². The number of rotatable bonds is 5. The van der Waals surface area contributed by atoms with Gasteiger partial charge in [0.15, 0.2) is 11.5 Å². The molecule has 0 radical (unpaired) electrons. The van der Waals surface area contributed by atoms with Gasteiger partial charge in [0.1, 0.15) is 5.75 Å². The molecule has 21 heavy (non-hydrogen) atoms. The van der Waals surface area contributed by atoms with E-state index < -0.39 is 0 Å². The second kappa shape index (κ2) is 5.93. The number of benzene rings is 2. The van der Waals surface area contributed by atoms with Gasteiger partial charge in [0.2, 0.25) is 6.79 Å². The lowest BCUT2D eigenvalue weighted by Gasteiger charge is -2.20. The zero-order chi connectivity index (χ0) is 14.7. The SMILES string of the molecule is COc1ccccc1NC(CO)c1ccc2c(c1)OCO2. The Bertz CT molecular complexity index is 629. The van der Waals surface area contributed by atoms with Gasteiger partial charge < -0.3 is 24.6 Å². The summed E-state index contributed by atoms with van der Waals surface area (Å²) in [6, 6.07) is 13.0. The van der Waals surface area contributed by atoms with E-state index in [1.165, 1.54) is 0 Å². The maximum Gasteiger partial charge on any atom is 0.231 e. The van der Waals surface area contributed by atoms with Gasteiger partial charge in [-0.2, -0.15) is 0 Å². The number of anilines is 1. The molecule has 1 atom stereocenters. The molecular formula is C16H17NO4. The van der Waals surface area contributed by atoms with E-state index in [0.717, 1.165) is 22.7 Å². The van der Waals surface area contributed by atoms with Crippen LogP contribution in [0.15, 0.2) is 42.5 Å². The van der Waals surface area contributed by atoms with Crippen molar-refractivity contribution in [3.63, 3.8) is 0 Å². The van der Waals surface area contributed by atoms with Crippen LogP contribution < -0.4 is 19.5 Å². The van der Waals surface area contributed by atoms with Crippen LogP contribution in [0.25, 0.3) is 0 Å². The zero-order valence-electron chi connectivity index (χ0n) is 11.7. The summed E-state index contributed by atoms with van der Waals surface area (Å²) < 4.78 is 16.0. The molecule has 1 aliphatic rings. The van der Waals surface area contributed by atoms with Crippen LogP contribution in [-0.4, -0.2) is 25.6 Å². The summed E-state index contributed by atoms with van der Waals surface area (Å²) in [6.45, 7) is 0.195. The molecule has 110 valence electrons. The molecule has 0 aromatic heterocycles. The molecule has 1 unspecified atom stereocenters. The van der Waals surface area contributed by atoms with Crippen LogP contribution in [0.2, 0.25) is 0 Å². The lowest BCUT2D eigenvalue weighted by Crippen LogP contribution is -2.15. The van der Waals surface area contributed by atoms with E-state index in [2.05, 4.69) is 5.32 Å². The molecule has 0 saturated heterocycles. The van der Waals surface area contributed by atoms with Gasteiger partial charge in [-0.25, -0.2) is 0 Å². The van der Waals surface area contributed by atoms with Crippen LogP contribution >= 0.6 is 0 Å². The summed E-state index contributed by atoms with van der Waals surface area (Å²) in [6.07, 6.45) is 0. The minimum absolute atomic E-state index is 0.0440. The van der Waals surface area contributed by atoms with Crippen molar-refractivity contribution in [2.24, 2.45) is 0 Å². The van der Waals surface area contributed by atoms with Crippen LogP contribution in [0.3, 0.4) is 0 Å². The highest BCUT2D eigenvalue weighted by Crippen LogP contribution is 2.35. The monoisotopic (exact) mass is 287 g/mol. The number of methoxy groups -OCH3 is 1. The molecule has 1 aliphatic heterocycles. The lowest BCUT2D eigenvalue weighted by molar-refractivity contribution is 0.174. The van der Waals surface area contributed by atoms with Gasteiger partial charge in [0.05, 0.1) is 25.4 Å². The predicted molar refractivity (Wildman–Crippen MR) is 79.0 cm³/mol. The van der Waals surface area contributed by atoms with Crippen molar-refractivity contribution in [1.82, 2.24) is 0 Å².